The molecule has 2 saturated heterocycles. The highest BCUT2D eigenvalue weighted by Crippen LogP contribution is 2.27. The number of cyclic esters (lactones) is 1. The van der Waals surface area contributed by atoms with E-state index in [-0.39, 0.29) is 24.1 Å². The lowest BCUT2D eigenvalue weighted by atomic mass is 9.85. The van der Waals surface area contributed by atoms with Gasteiger partial charge in [0, 0.05) is 18.7 Å². The van der Waals surface area contributed by atoms with Crippen molar-refractivity contribution in [3.8, 4) is 0 Å². The normalized spacial score (nSPS) is 23.4. The summed E-state index contributed by atoms with van der Waals surface area (Å²) in [4.78, 5) is 53.0. The van der Waals surface area contributed by atoms with Crippen molar-refractivity contribution in [3.63, 3.8) is 0 Å². The molecule has 2 fully saturated rings. The first-order chi connectivity index (χ1) is 16.0. The number of nitrogens with zero attached hydrogens (tertiary/aromatic N) is 1. The zero-order valence-corrected chi connectivity index (χ0v) is 20.6. The first kappa shape index (κ1) is 25.7. The van der Waals surface area contributed by atoms with Crippen molar-refractivity contribution in [1.82, 2.24) is 15.5 Å². The van der Waals surface area contributed by atoms with Crippen LogP contribution in [0.4, 0.5) is 0 Å². The average molecular weight is 474 g/mol. The maximum Gasteiger partial charge on any atom is 0.310 e. The summed E-state index contributed by atoms with van der Waals surface area (Å²) in [5.74, 6) is -1.41. The van der Waals surface area contributed by atoms with E-state index in [2.05, 4.69) is 10.6 Å². The molecule has 9 heteroatoms. The Bertz CT molecular complexity index is 941. The van der Waals surface area contributed by atoms with Crippen molar-refractivity contribution in [1.29, 1.82) is 0 Å². The molecule has 1 aromatic rings. The number of hydrogen-bond donors (Lipinski definition) is 2. The Hall–Kier alpha value is -2.94. The van der Waals surface area contributed by atoms with Crippen LogP contribution >= 0.6 is 0 Å². The fourth-order valence-electron chi connectivity index (χ4n) is 4.40. The number of hydrogen-bond acceptors (Lipinski definition) is 6. The van der Waals surface area contributed by atoms with Gasteiger partial charge in [0.25, 0.3) is 5.91 Å². The van der Waals surface area contributed by atoms with Crippen LogP contribution in [0.1, 0.15) is 62.9 Å². The van der Waals surface area contributed by atoms with Crippen LogP contribution in [0, 0.1) is 12.3 Å². The van der Waals surface area contributed by atoms with Crippen molar-refractivity contribution in [2.75, 3.05) is 13.2 Å². The van der Waals surface area contributed by atoms with Crippen LogP contribution in [0.2, 0.25) is 0 Å². The summed E-state index contributed by atoms with van der Waals surface area (Å²) in [6.45, 7) is 10.0. The number of carbonyl (C=O) groups is 4. The SMILES string of the molecule is CCO[C@@H]1OC(=O)C[C@H]1NC(=O)[C@@H]1CCCN1C(=O)[C@@H](NC(=O)c1ccccc1C)C(C)(C)C. The Kier molecular flexibility index (Phi) is 7.97. The van der Waals surface area contributed by atoms with E-state index >= 15 is 0 Å². The van der Waals surface area contributed by atoms with E-state index in [4.69, 9.17) is 9.47 Å². The molecule has 0 bridgehead atoms. The molecule has 2 N–H and O–H groups in total. The van der Waals surface area contributed by atoms with Crippen LogP contribution in [0.25, 0.3) is 0 Å². The number of aryl methyl sites for hydroxylation is 1. The highest BCUT2D eigenvalue weighted by molar-refractivity contribution is 5.99. The minimum atomic E-state index is -0.831. The standard InChI is InChI=1S/C25H35N3O6/c1-6-33-24-17(14-19(29)34-24)26-22(31)18-12-9-13-28(18)23(32)20(25(3,4)5)27-21(30)16-11-8-7-10-15(16)2/h7-8,10-11,17-18,20,24H,6,9,12-14H2,1-5H3,(H,26,31)(H,27,30)/t17-,18+,20-,24-/m1/s1. The van der Waals surface area contributed by atoms with Gasteiger partial charge in [-0.05, 0) is 43.7 Å². The average Bonchev–Trinajstić information content (AvgIpc) is 3.38. The van der Waals surface area contributed by atoms with E-state index in [1.54, 1.807) is 19.1 Å². The molecule has 0 radical (unpaired) electrons. The quantitative estimate of drug-likeness (QED) is 0.585. The molecule has 0 aromatic heterocycles. The Morgan fingerprint density at radius 2 is 1.94 bits per heavy atom. The summed E-state index contributed by atoms with van der Waals surface area (Å²) >= 11 is 0. The Morgan fingerprint density at radius 1 is 1.24 bits per heavy atom. The van der Waals surface area contributed by atoms with Gasteiger partial charge >= 0.3 is 5.97 Å². The highest BCUT2D eigenvalue weighted by atomic mass is 16.7. The topological polar surface area (TPSA) is 114 Å². The fraction of sp³-hybridized carbons (Fsp3) is 0.600. The second-order valence-corrected chi connectivity index (χ2v) is 9.91. The minimum absolute atomic E-state index is 0.0220. The number of rotatable bonds is 7. The predicted octanol–water partition coefficient (Wildman–Crippen LogP) is 1.92. The van der Waals surface area contributed by atoms with Crippen molar-refractivity contribution < 1.29 is 28.7 Å². The van der Waals surface area contributed by atoms with E-state index in [1.165, 1.54) is 4.90 Å². The Morgan fingerprint density at radius 3 is 2.59 bits per heavy atom. The second-order valence-electron chi connectivity index (χ2n) is 9.91. The number of ether oxygens (including phenoxy) is 2. The van der Waals surface area contributed by atoms with Gasteiger partial charge in [0.15, 0.2) is 0 Å². The summed E-state index contributed by atoms with van der Waals surface area (Å²) in [5.41, 5.74) is 0.744. The summed E-state index contributed by atoms with van der Waals surface area (Å²) in [5, 5.41) is 5.74. The molecule has 0 unspecified atom stereocenters. The smallest absolute Gasteiger partial charge is 0.310 e. The van der Waals surface area contributed by atoms with Gasteiger partial charge in [-0.1, -0.05) is 39.0 Å². The van der Waals surface area contributed by atoms with Crippen molar-refractivity contribution in [2.24, 2.45) is 5.41 Å². The van der Waals surface area contributed by atoms with Gasteiger partial charge in [-0.3, -0.25) is 19.2 Å². The molecule has 34 heavy (non-hydrogen) atoms. The van der Waals surface area contributed by atoms with E-state index in [0.29, 0.717) is 31.6 Å². The van der Waals surface area contributed by atoms with Crippen LogP contribution in [-0.4, -0.2) is 66.2 Å². The fourth-order valence-corrected chi connectivity index (χ4v) is 4.40. The van der Waals surface area contributed by atoms with Crippen molar-refractivity contribution in [3.05, 3.63) is 35.4 Å². The Labute approximate surface area is 200 Å². The molecular weight excluding hydrogens is 438 g/mol. The third kappa shape index (κ3) is 5.75. The van der Waals surface area contributed by atoms with Crippen LogP contribution in [0.3, 0.4) is 0 Å². The number of likely N-dealkylation sites (tertiary alicyclic amines) is 1. The molecule has 0 aliphatic carbocycles. The van der Waals surface area contributed by atoms with Crippen molar-refractivity contribution >= 4 is 23.7 Å². The largest absolute Gasteiger partial charge is 0.433 e. The second kappa shape index (κ2) is 10.5. The first-order valence-electron chi connectivity index (χ1n) is 11.8. The van der Waals surface area contributed by atoms with E-state index < -0.39 is 35.8 Å². The van der Waals surface area contributed by atoms with Gasteiger partial charge in [-0.2, -0.15) is 0 Å². The lowest BCUT2D eigenvalue weighted by Crippen LogP contribution is -2.58. The molecule has 4 atom stereocenters. The van der Waals surface area contributed by atoms with E-state index in [9.17, 15) is 19.2 Å². The van der Waals surface area contributed by atoms with Crippen molar-refractivity contribution in [2.45, 2.75) is 78.3 Å². The number of amides is 3. The minimum Gasteiger partial charge on any atom is -0.433 e. The van der Waals surface area contributed by atoms with Crippen LogP contribution in [0.15, 0.2) is 24.3 Å². The summed E-state index contributed by atoms with van der Waals surface area (Å²) in [6.07, 6.45) is 0.360. The van der Waals surface area contributed by atoms with Gasteiger partial charge in [-0.15, -0.1) is 0 Å². The van der Waals surface area contributed by atoms with Gasteiger partial charge < -0.3 is 25.0 Å². The summed E-state index contributed by atoms with van der Waals surface area (Å²) in [6, 6.07) is 5.09. The van der Waals surface area contributed by atoms with Gasteiger partial charge in [0.2, 0.25) is 18.1 Å². The molecule has 1 aromatic carbocycles. The number of nitrogens with one attached hydrogen (secondary N) is 2. The molecule has 3 rings (SSSR count). The third-order valence-electron chi connectivity index (χ3n) is 6.24. The number of carbonyl (C=O) groups excluding carboxylic acids is 4. The monoisotopic (exact) mass is 473 g/mol. The molecule has 9 nitrogen and oxygen atoms in total. The number of esters is 1. The molecule has 2 aliphatic heterocycles. The lowest BCUT2D eigenvalue weighted by molar-refractivity contribution is -0.164. The molecule has 0 spiro atoms. The van der Waals surface area contributed by atoms with E-state index in [1.807, 2.05) is 39.8 Å². The first-order valence-corrected chi connectivity index (χ1v) is 11.8. The van der Waals surface area contributed by atoms with E-state index in [0.717, 1.165) is 5.56 Å². The predicted molar refractivity (Wildman–Crippen MR) is 125 cm³/mol. The summed E-state index contributed by atoms with van der Waals surface area (Å²) in [7, 11) is 0. The molecule has 0 saturated carbocycles. The van der Waals surface area contributed by atoms with Crippen LogP contribution < -0.4 is 10.6 Å². The third-order valence-corrected chi connectivity index (χ3v) is 6.24. The maximum atomic E-state index is 13.6. The van der Waals surface area contributed by atoms with Crippen LogP contribution in [0.5, 0.6) is 0 Å². The lowest BCUT2D eigenvalue weighted by Gasteiger charge is -2.35. The molecule has 2 heterocycles. The molecular formula is C25H35N3O6. The Balaban J connectivity index is 1.74. The van der Waals surface area contributed by atoms with Crippen LogP contribution in [-0.2, 0) is 23.9 Å². The van der Waals surface area contributed by atoms with Gasteiger partial charge in [-0.25, -0.2) is 0 Å². The highest BCUT2D eigenvalue weighted by Gasteiger charge is 2.44. The zero-order valence-electron chi connectivity index (χ0n) is 20.6. The number of benzene rings is 1. The summed E-state index contributed by atoms with van der Waals surface area (Å²) < 4.78 is 10.5. The zero-order chi connectivity index (χ0) is 25.0. The molecule has 3 amide bonds. The van der Waals surface area contributed by atoms with Gasteiger partial charge in [0.1, 0.15) is 18.1 Å². The maximum absolute atomic E-state index is 13.6. The molecule has 2 aliphatic rings. The van der Waals surface area contributed by atoms with Gasteiger partial charge in [0.05, 0.1) is 6.42 Å². The molecule has 186 valence electrons.